The van der Waals surface area contributed by atoms with Crippen molar-refractivity contribution < 1.29 is 4.79 Å². The molecule has 2 heterocycles. The number of nitrogens with two attached hydrogens (primary N) is 1. The molecule has 26 heavy (non-hydrogen) atoms. The molecule has 2 N–H and O–H groups in total. The summed E-state index contributed by atoms with van der Waals surface area (Å²) in [6.07, 6.45) is 2.25. The number of carbonyl (C=O) groups excluding carboxylic acids is 1. The van der Waals surface area contributed by atoms with Gasteiger partial charge in [0.05, 0.1) is 12.3 Å². The van der Waals surface area contributed by atoms with Crippen molar-refractivity contribution in [3.8, 4) is 0 Å². The first-order chi connectivity index (χ1) is 12.6. The first kappa shape index (κ1) is 18.5. The maximum Gasteiger partial charge on any atom is 0.233 e. The summed E-state index contributed by atoms with van der Waals surface area (Å²) in [4.78, 5) is 17.1. The summed E-state index contributed by atoms with van der Waals surface area (Å²) in [5, 5.41) is 8.18. The Hall–Kier alpha value is -2.32. The van der Waals surface area contributed by atoms with Crippen LogP contribution in [0, 0.1) is 6.92 Å². The molecule has 0 bridgehead atoms. The molecule has 8 heteroatoms. The minimum Gasteiger partial charge on any atom is -0.336 e. The van der Waals surface area contributed by atoms with Crippen LogP contribution >= 0.6 is 23.1 Å². The minimum absolute atomic E-state index is 0.0694. The lowest BCUT2D eigenvalue weighted by atomic mass is 10.1. The molecule has 0 fully saturated rings. The fraction of sp³-hybridized carbons (Fsp3) is 0.278. The van der Waals surface area contributed by atoms with E-state index in [0.29, 0.717) is 18.2 Å². The summed E-state index contributed by atoms with van der Waals surface area (Å²) in [7, 11) is 0. The van der Waals surface area contributed by atoms with E-state index in [0.717, 1.165) is 6.42 Å². The molecule has 6 nitrogen and oxygen atoms in total. The molecule has 0 spiro atoms. The number of benzene rings is 1. The largest absolute Gasteiger partial charge is 0.336 e. The number of aryl methyl sites for hydroxylation is 1. The minimum atomic E-state index is 0.0694. The Labute approximate surface area is 161 Å². The van der Waals surface area contributed by atoms with Gasteiger partial charge >= 0.3 is 0 Å². The number of hydrogen-bond acceptors (Lipinski definition) is 6. The van der Waals surface area contributed by atoms with Crippen LogP contribution in [0.5, 0.6) is 0 Å². The fourth-order valence-electron chi connectivity index (χ4n) is 2.51. The van der Waals surface area contributed by atoms with Gasteiger partial charge < -0.3 is 10.7 Å². The lowest BCUT2D eigenvalue weighted by Crippen LogP contribution is -2.33. The van der Waals surface area contributed by atoms with E-state index in [1.165, 1.54) is 38.1 Å². The first-order valence-corrected chi connectivity index (χ1v) is 10.1. The standard InChI is InChI=1S/C18H21N5OS2/c1-14-7-8-16(26-14)11-22(10-9-15-5-3-2-4-6-15)17(24)12-25-18-21-20-13-23(18)19/h2-8,13H,9-12,19H2,1H3. The van der Waals surface area contributed by atoms with Crippen molar-refractivity contribution in [1.29, 1.82) is 0 Å². The van der Waals surface area contributed by atoms with E-state index < -0.39 is 0 Å². The third-order valence-corrected chi connectivity index (χ3v) is 5.80. The zero-order valence-corrected chi connectivity index (χ0v) is 16.2. The summed E-state index contributed by atoms with van der Waals surface area (Å²) < 4.78 is 1.33. The molecule has 1 amide bonds. The van der Waals surface area contributed by atoms with Crippen molar-refractivity contribution in [3.63, 3.8) is 0 Å². The van der Waals surface area contributed by atoms with Crippen LogP contribution in [0.3, 0.4) is 0 Å². The van der Waals surface area contributed by atoms with Crippen LogP contribution in [0.15, 0.2) is 53.9 Å². The van der Waals surface area contributed by atoms with Gasteiger partial charge in [0, 0.05) is 16.3 Å². The third kappa shape index (κ3) is 5.09. The van der Waals surface area contributed by atoms with Gasteiger partial charge in [0.15, 0.2) is 0 Å². The molecule has 3 rings (SSSR count). The Kier molecular flexibility index (Phi) is 6.30. The zero-order chi connectivity index (χ0) is 18.4. The maximum atomic E-state index is 12.8. The second-order valence-electron chi connectivity index (χ2n) is 5.87. The highest BCUT2D eigenvalue weighted by molar-refractivity contribution is 7.99. The van der Waals surface area contributed by atoms with Gasteiger partial charge in [-0.05, 0) is 31.0 Å². The van der Waals surface area contributed by atoms with Crippen LogP contribution in [0.1, 0.15) is 15.3 Å². The molecule has 0 saturated carbocycles. The van der Waals surface area contributed by atoms with Gasteiger partial charge in [0.25, 0.3) is 0 Å². The van der Waals surface area contributed by atoms with Crippen LogP contribution < -0.4 is 5.84 Å². The number of nitrogens with zero attached hydrogens (tertiary/aromatic N) is 4. The maximum absolute atomic E-state index is 12.8. The SMILES string of the molecule is Cc1ccc(CN(CCc2ccccc2)C(=O)CSc2nncn2N)s1. The van der Waals surface area contributed by atoms with Crippen molar-refractivity contribution in [2.24, 2.45) is 0 Å². The van der Waals surface area contributed by atoms with Crippen LogP contribution in [-0.2, 0) is 17.8 Å². The van der Waals surface area contributed by atoms with Crippen LogP contribution in [-0.4, -0.2) is 38.0 Å². The Balaban J connectivity index is 1.64. The number of aromatic nitrogens is 3. The van der Waals surface area contributed by atoms with E-state index >= 15 is 0 Å². The average Bonchev–Trinajstić information content (AvgIpc) is 3.25. The smallest absolute Gasteiger partial charge is 0.233 e. The molecule has 0 radical (unpaired) electrons. The number of rotatable bonds is 8. The molecular weight excluding hydrogens is 366 g/mol. The highest BCUT2D eigenvalue weighted by atomic mass is 32.2. The van der Waals surface area contributed by atoms with Crippen molar-refractivity contribution in [2.45, 2.75) is 25.0 Å². The number of thioether (sulfide) groups is 1. The summed E-state index contributed by atoms with van der Waals surface area (Å²) in [6, 6.07) is 14.4. The second-order valence-corrected chi connectivity index (χ2v) is 8.19. The molecule has 0 aliphatic heterocycles. The third-order valence-electron chi connectivity index (χ3n) is 3.87. The molecule has 0 atom stereocenters. The van der Waals surface area contributed by atoms with Gasteiger partial charge in [-0.1, -0.05) is 42.1 Å². The summed E-state index contributed by atoms with van der Waals surface area (Å²) in [5.41, 5.74) is 1.22. The molecule has 3 aromatic rings. The lowest BCUT2D eigenvalue weighted by molar-refractivity contribution is -0.128. The van der Waals surface area contributed by atoms with E-state index in [-0.39, 0.29) is 11.7 Å². The number of hydrogen-bond donors (Lipinski definition) is 1. The molecule has 2 aromatic heterocycles. The first-order valence-electron chi connectivity index (χ1n) is 8.27. The van der Waals surface area contributed by atoms with Gasteiger partial charge in [-0.2, -0.15) is 0 Å². The van der Waals surface area contributed by atoms with Gasteiger partial charge in [0.2, 0.25) is 11.1 Å². The van der Waals surface area contributed by atoms with Crippen molar-refractivity contribution in [1.82, 2.24) is 19.8 Å². The highest BCUT2D eigenvalue weighted by Gasteiger charge is 2.16. The Morgan fingerprint density at radius 1 is 1.27 bits per heavy atom. The quantitative estimate of drug-likeness (QED) is 0.475. The number of amides is 1. The van der Waals surface area contributed by atoms with Crippen molar-refractivity contribution in [3.05, 3.63) is 64.1 Å². The van der Waals surface area contributed by atoms with Gasteiger partial charge in [-0.15, -0.1) is 21.5 Å². The van der Waals surface area contributed by atoms with Crippen LogP contribution in [0.2, 0.25) is 0 Å². The molecule has 0 unspecified atom stereocenters. The number of carbonyl (C=O) groups is 1. The number of thiophene rings is 1. The predicted octanol–water partition coefficient (Wildman–Crippen LogP) is 2.73. The molecule has 0 aliphatic rings. The topological polar surface area (TPSA) is 77.0 Å². The second kappa shape index (κ2) is 8.86. The normalized spacial score (nSPS) is 10.8. The van der Waals surface area contributed by atoms with Crippen molar-refractivity contribution in [2.75, 3.05) is 18.1 Å². The van der Waals surface area contributed by atoms with E-state index in [1.807, 2.05) is 23.1 Å². The Morgan fingerprint density at radius 2 is 2.08 bits per heavy atom. The summed E-state index contributed by atoms with van der Waals surface area (Å²) in [5.74, 6) is 6.07. The van der Waals surface area contributed by atoms with Crippen molar-refractivity contribution >= 4 is 29.0 Å². The van der Waals surface area contributed by atoms with Gasteiger partial charge in [-0.25, -0.2) is 4.68 Å². The molecule has 0 aliphatic carbocycles. The number of nitrogen functional groups attached to an aromatic ring is 1. The van der Waals surface area contributed by atoms with Crippen LogP contribution in [0.25, 0.3) is 0 Å². The lowest BCUT2D eigenvalue weighted by Gasteiger charge is -2.22. The van der Waals surface area contributed by atoms with Gasteiger partial charge in [0.1, 0.15) is 6.33 Å². The van der Waals surface area contributed by atoms with Gasteiger partial charge in [-0.3, -0.25) is 4.79 Å². The van der Waals surface area contributed by atoms with E-state index in [9.17, 15) is 4.79 Å². The molecule has 0 saturated heterocycles. The van der Waals surface area contributed by atoms with E-state index in [1.54, 1.807) is 11.3 Å². The molecular formula is C18H21N5OS2. The predicted molar refractivity (Wildman–Crippen MR) is 106 cm³/mol. The zero-order valence-electron chi connectivity index (χ0n) is 14.5. The summed E-state index contributed by atoms with van der Waals surface area (Å²) in [6.45, 7) is 3.38. The fourth-order valence-corrected chi connectivity index (χ4v) is 4.15. The highest BCUT2D eigenvalue weighted by Crippen LogP contribution is 2.19. The molecule has 136 valence electrons. The molecule has 1 aromatic carbocycles. The Morgan fingerprint density at radius 3 is 2.73 bits per heavy atom. The monoisotopic (exact) mass is 387 g/mol. The Bertz CT molecular complexity index is 846. The van der Waals surface area contributed by atoms with E-state index in [2.05, 4.69) is 41.4 Å². The average molecular weight is 388 g/mol. The summed E-state index contributed by atoms with van der Waals surface area (Å²) >= 11 is 3.03. The van der Waals surface area contributed by atoms with E-state index in [4.69, 9.17) is 5.84 Å². The van der Waals surface area contributed by atoms with Crippen LogP contribution in [0.4, 0.5) is 0 Å².